The lowest BCUT2D eigenvalue weighted by Gasteiger charge is -2.14. The number of aryl methyl sites for hydroxylation is 1. The number of carbonyl (C=O) groups excluding carboxylic acids is 5. The molecule has 1 aliphatic rings. The summed E-state index contributed by atoms with van der Waals surface area (Å²) in [6.07, 6.45) is 0.257. The molecule has 1 aromatic carbocycles. The number of imide groups is 4. The number of fused-ring (bicyclic) bond motifs is 1. The van der Waals surface area contributed by atoms with Crippen molar-refractivity contribution in [3.05, 3.63) is 34.4 Å². The van der Waals surface area contributed by atoms with Crippen LogP contribution in [-0.4, -0.2) is 52.2 Å². The van der Waals surface area contributed by atoms with Crippen molar-refractivity contribution < 1.29 is 29.1 Å². The number of aliphatic hydroxyl groups excluding tert-OH is 1. The summed E-state index contributed by atoms with van der Waals surface area (Å²) >= 11 is 0. The molecule has 0 aliphatic carbocycles. The molecule has 2 rings (SSSR count). The van der Waals surface area contributed by atoms with Gasteiger partial charge in [0.1, 0.15) is 6.73 Å². The van der Waals surface area contributed by atoms with Gasteiger partial charge in [-0.05, 0) is 24.6 Å². The number of amides is 5. The average Bonchev–Trinajstić information content (AvgIpc) is 2.70. The Morgan fingerprint density at radius 2 is 1.81 bits per heavy atom. The van der Waals surface area contributed by atoms with E-state index >= 15 is 0 Å². The van der Waals surface area contributed by atoms with Gasteiger partial charge in [0.15, 0.2) is 0 Å². The predicted octanol–water partition coefficient (Wildman–Crippen LogP) is -0.704. The molecule has 1 aromatic rings. The Kier molecular flexibility index (Phi) is 3.64. The SMILES string of the molecule is Cc1cc2c(cc1C(=O)N(C=O)CO)C(=O)N(C=O)C2=O. The van der Waals surface area contributed by atoms with Crippen LogP contribution in [0.3, 0.4) is 0 Å². The maximum absolute atomic E-state index is 12.0. The Hall–Kier alpha value is -2.87. The monoisotopic (exact) mass is 290 g/mol. The molecule has 0 aromatic heterocycles. The minimum Gasteiger partial charge on any atom is -0.376 e. The van der Waals surface area contributed by atoms with Gasteiger partial charge in [-0.25, -0.2) is 4.90 Å². The first-order valence-corrected chi connectivity index (χ1v) is 5.81. The Bertz CT molecular complexity index is 681. The molecule has 0 saturated heterocycles. The van der Waals surface area contributed by atoms with Gasteiger partial charge in [0.05, 0.1) is 11.1 Å². The van der Waals surface area contributed by atoms with Crippen LogP contribution in [-0.2, 0) is 9.59 Å². The molecule has 0 radical (unpaired) electrons. The third kappa shape index (κ3) is 2.11. The number of aliphatic hydroxyl groups is 1. The van der Waals surface area contributed by atoms with Crippen molar-refractivity contribution in [2.24, 2.45) is 0 Å². The van der Waals surface area contributed by atoms with Gasteiger partial charge in [-0.1, -0.05) is 0 Å². The van der Waals surface area contributed by atoms with E-state index in [1.54, 1.807) is 0 Å². The smallest absolute Gasteiger partial charge is 0.268 e. The molecule has 108 valence electrons. The van der Waals surface area contributed by atoms with Crippen LogP contribution in [0.1, 0.15) is 36.6 Å². The van der Waals surface area contributed by atoms with Gasteiger partial charge in [-0.2, -0.15) is 0 Å². The number of nitrogens with zero attached hydrogens (tertiary/aromatic N) is 2. The third-order valence-corrected chi connectivity index (χ3v) is 3.14. The number of hydrogen-bond donors (Lipinski definition) is 1. The van der Waals surface area contributed by atoms with Gasteiger partial charge < -0.3 is 5.11 Å². The Labute approximate surface area is 118 Å². The molecule has 0 fully saturated rings. The zero-order valence-electron chi connectivity index (χ0n) is 10.9. The van der Waals surface area contributed by atoms with Gasteiger partial charge >= 0.3 is 0 Å². The van der Waals surface area contributed by atoms with Crippen LogP contribution in [0.5, 0.6) is 0 Å². The van der Waals surface area contributed by atoms with Gasteiger partial charge in [-0.15, -0.1) is 0 Å². The average molecular weight is 290 g/mol. The molecule has 0 spiro atoms. The number of rotatable bonds is 4. The maximum atomic E-state index is 12.0. The van der Waals surface area contributed by atoms with Gasteiger partial charge in [0.25, 0.3) is 17.7 Å². The molecule has 0 saturated carbocycles. The number of hydrogen-bond acceptors (Lipinski definition) is 6. The molecule has 0 bridgehead atoms. The summed E-state index contributed by atoms with van der Waals surface area (Å²) in [5.74, 6) is -2.40. The molecule has 21 heavy (non-hydrogen) atoms. The first kappa shape index (κ1) is 14.5. The normalized spacial score (nSPS) is 13.1. The topological polar surface area (TPSA) is 112 Å². The minimum atomic E-state index is -0.833. The lowest BCUT2D eigenvalue weighted by atomic mass is 9.99. The molecule has 1 heterocycles. The lowest BCUT2D eigenvalue weighted by Crippen LogP contribution is -2.31. The fraction of sp³-hybridized carbons (Fsp3) is 0.154. The summed E-state index contributed by atoms with van der Waals surface area (Å²) in [5, 5.41) is 8.91. The molecule has 0 unspecified atom stereocenters. The Morgan fingerprint density at radius 1 is 1.24 bits per heavy atom. The molecule has 1 aliphatic heterocycles. The first-order valence-electron chi connectivity index (χ1n) is 5.81. The standard InChI is InChI=1S/C13H10N2O6/c1-7-2-9-10(13(21)15(6-18)12(9)20)3-8(7)11(19)14(4-16)5-17/h2-4,6,17H,5H2,1H3. The summed E-state index contributed by atoms with van der Waals surface area (Å²) in [6.45, 7) is 0.696. The van der Waals surface area contributed by atoms with Crippen LogP contribution < -0.4 is 0 Å². The number of carbonyl (C=O) groups is 5. The zero-order chi connectivity index (χ0) is 15.7. The van der Waals surface area contributed by atoms with Crippen molar-refractivity contribution in [2.45, 2.75) is 6.92 Å². The largest absolute Gasteiger partial charge is 0.376 e. The summed E-state index contributed by atoms with van der Waals surface area (Å²) in [7, 11) is 0. The van der Waals surface area contributed by atoms with E-state index in [9.17, 15) is 24.0 Å². The van der Waals surface area contributed by atoms with Crippen LogP contribution in [0.2, 0.25) is 0 Å². The summed E-state index contributed by atoms with van der Waals surface area (Å²) in [4.78, 5) is 58.0. The highest BCUT2D eigenvalue weighted by molar-refractivity contribution is 6.26. The van der Waals surface area contributed by atoms with E-state index in [2.05, 4.69) is 0 Å². The molecule has 8 nitrogen and oxygen atoms in total. The second-order valence-electron chi connectivity index (χ2n) is 4.32. The van der Waals surface area contributed by atoms with Crippen LogP contribution in [0.4, 0.5) is 0 Å². The molecule has 5 amide bonds. The quantitative estimate of drug-likeness (QED) is 0.445. The van der Waals surface area contributed by atoms with E-state index in [1.165, 1.54) is 13.0 Å². The summed E-state index contributed by atoms with van der Waals surface area (Å²) in [5.41, 5.74) is 0.254. The highest BCUT2D eigenvalue weighted by Crippen LogP contribution is 2.26. The van der Waals surface area contributed by atoms with Crippen LogP contribution in [0.25, 0.3) is 0 Å². The third-order valence-electron chi connectivity index (χ3n) is 3.14. The van der Waals surface area contributed by atoms with E-state index < -0.39 is 24.5 Å². The van der Waals surface area contributed by atoms with Gasteiger partial charge in [0, 0.05) is 5.56 Å². The van der Waals surface area contributed by atoms with Crippen molar-refractivity contribution in [2.75, 3.05) is 6.73 Å². The van der Waals surface area contributed by atoms with Crippen LogP contribution in [0.15, 0.2) is 12.1 Å². The van der Waals surface area contributed by atoms with Crippen molar-refractivity contribution in [1.82, 2.24) is 9.80 Å². The maximum Gasteiger partial charge on any atom is 0.268 e. The molecular weight excluding hydrogens is 280 g/mol. The summed E-state index contributed by atoms with van der Waals surface area (Å²) < 4.78 is 0. The fourth-order valence-electron chi connectivity index (χ4n) is 2.04. The summed E-state index contributed by atoms with van der Waals surface area (Å²) in [6, 6.07) is 2.44. The molecule has 8 heteroatoms. The van der Waals surface area contributed by atoms with Gasteiger partial charge in [0.2, 0.25) is 12.8 Å². The lowest BCUT2D eigenvalue weighted by molar-refractivity contribution is -0.118. The minimum absolute atomic E-state index is 0.0104. The van der Waals surface area contributed by atoms with Crippen LogP contribution in [0, 0.1) is 6.92 Å². The van der Waals surface area contributed by atoms with Crippen molar-refractivity contribution in [3.63, 3.8) is 0 Å². The Morgan fingerprint density at radius 3 is 2.29 bits per heavy atom. The second kappa shape index (κ2) is 5.25. The van der Waals surface area contributed by atoms with E-state index in [1.807, 2.05) is 0 Å². The highest BCUT2D eigenvalue weighted by atomic mass is 16.3. The number of benzene rings is 1. The van der Waals surface area contributed by atoms with E-state index in [0.29, 0.717) is 15.4 Å². The molecular formula is C13H10N2O6. The van der Waals surface area contributed by atoms with Crippen molar-refractivity contribution >= 4 is 30.5 Å². The van der Waals surface area contributed by atoms with E-state index in [4.69, 9.17) is 5.11 Å². The van der Waals surface area contributed by atoms with Crippen LogP contribution >= 0.6 is 0 Å². The zero-order valence-corrected chi connectivity index (χ0v) is 10.9. The van der Waals surface area contributed by atoms with Gasteiger partial charge in [-0.3, -0.25) is 28.9 Å². The second-order valence-corrected chi connectivity index (χ2v) is 4.32. The van der Waals surface area contributed by atoms with Crippen molar-refractivity contribution in [3.8, 4) is 0 Å². The highest BCUT2D eigenvalue weighted by Gasteiger charge is 2.36. The van der Waals surface area contributed by atoms with E-state index in [-0.39, 0.29) is 29.5 Å². The molecule has 0 atom stereocenters. The molecule has 1 N–H and O–H groups in total. The van der Waals surface area contributed by atoms with E-state index in [0.717, 1.165) is 6.07 Å². The predicted molar refractivity (Wildman–Crippen MR) is 67.1 cm³/mol. The first-order chi connectivity index (χ1) is 9.96. The van der Waals surface area contributed by atoms with Crippen molar-refractivity contribution in [1.29, 1.82) is 0 Å². The fourth-order valence-corrected chi connectivity index (χ4v) is 2.04. The Balaban J connectivity index is 2.56.